The van der Waals surface area contributed by atoms with E-state index >= 15 is 0 Å². The molecule has 0 aliphatic carbocycles. The van der Waals surface area contributed by atoms with Crippen LogP contribution in [0.5, 0.6) is 0 Å². The highest BCUT2D eigenvalue weighted by Crippen LogP contribution is 2.39. The number of hydrogen-bond acceptors (Lipinski definition) is 4. The fraction of sp³-hybridized carbons (Fsp3) is 0.462. The molecule has 4 rings (SSSR count). The Hall–Kier alpha value is -2.29. The Morgan fingerprint density at radius 2 is 1.94 bits per heavy atom. The number of piperidine rings is 1. The molecule has 2 aliphatic rings. The summed E-state index contributed by atoms with van der Waals surface area (Å²) in [5.74, 6) is 0.213. The molecule has 2 amide bonds. The van der Waals surface area contributed by atoms with Crippen LogP contribution in [0, 0.1) is 18.7 Å². The molecular weight excluding hydrogens is 489 g/mol. The summed E-state index contributed by atoms with van der Waals surface area (Å²) in [5, 5.41) is 3.46. The van der Waals surface area contributed by atoms with Crippen LogP contribution in [-0.2, 0) is 20.4 Å². The minimum Gasteiger partial charge on any atom is -0.335 e. The summed E-state index contributed by atoms with van der Waals surface area (Å²) in [6.45, 7) is 4.72. The van der Waals surface area contributed by atoms with Gasteiger partial charge in [0.1, 0.15) is 5.82 Å². The largest absolute Gasteiger partial charge is 0.335 e. The standard InChI is InChI=1S/C26H31ClFN3O3S/c1-18-6-7-20(28)17-23(18)25-22(26(33)29-21-5-2-4-19(27)16-21)8-9-24(32)31(25)11-3-10-30-12-14-35(34)15-13-30/h2,4-7,16-17,22,25H,3,8-15H2,1H3,(H,29,33)/t22?,25-/m0/s1. The molecule has 35 heavy (non-hydrogen) atoms. The number of anilines is 1. The molecule has 2 heterocycles. The summed E-state index contributed by atoms with van der Waals surface area (Å²) >= 11 is 6.08. The van der Waals surface area contributed by atoms with Crippen molar-refractivity contribution < 1.29 is 18.2 Å². The minimum absolute atomic E-state index is 0.0229. The Labute approximate surface area is 213 Å². The molecule has 2 aliphatic heterocycles. The lowest BCUT2D eigenvalue weighted by Crippen LogP contribution is -2.48. The van der Waals surface area contributed by atoms with Gasteiger partial charge in [-0.1, -0.05) is 23.7 Å². The lowest BCUT2D eigenvalue weighted by atomic mass is 9.81. The van der Waals surface area contributed by atoms with E-state index in [0.29, 0.717) is 40.7 Å². The number of halogens is 2. The van der Waals surface area contributed by atoms with Crippen LogP contribution in [0.1, 0.15) is 36.4 Å². The average Bonchev–Trinajstić information content (AvgIpc) is 2.83. The number of aryl methyl sites for hydroxylation is 1. The smallest absolute Gasteiger partial charge is 0.229 e. The first-order valence-electron chi connectivity index (χ1n) is 12.0. The zero-order chi connectivity index (χ0) is 24.9. The number of hydrogen-bond donors (Lipinski definition) is 1. The van der Waals surface area contributed by atoms with Crippen LogP contribution in [0.4, 0.5) is 10.1 Å². The summed E-state index contributed by atoms with van der Waals surface area (Å²) in [7, 11) is -0.735. The zero-order valence-electron chi connectivity index (χ0n) is 19.8. The molecule has 1 unspecified atom stereocenters. The van der Waals surface area contributed by atoms with Crippen molar-refractivity contribution in [2.75, 3.05) is 43.0 Å². The normalized spacial score (nSPS) is 21.8. The van der Waals surface area contributed by atoms with Crippen molar-refractivity contribution in [1.82, 2.24) is 9.80 Å². The van der Waals surface area contributed by atoms with Gasteiger partial charge in [0.25, 0.3) is 0 Å². The molecule has 2 saturated heterocycles. The van der Waals surface area contributed by atoms with Crippen LogP contribution in [0.15, 0.2) is 42.5 Å². The SMILES string of the molecule is Cc1ccc(F)cc1[C@@H]1C(C(=O)Nc2cccc(Cl)c2)CCC(=O)N1CCCN1CCS(=O)CC1. The van der Waals surface area contributed by atoms with Crippen molar-refractivity contribution in [3.8, 4) is 0 Å². The highest BCUT2D eigenvalue weighted by molar-refractivity contribution is 7.85. The first-order chi connectivity index (χ1) is 16.8. The van der Waals surface area contributed by atoms with E-state index in [9.17, 15) is 18.2 Å². The van der Waals surface area contributed by atoms with E-state index in [4.69, 9.17) is 11.6 Å². The molecule has 0 aromatic heterocycles. The summed E-state index contributed by atoms with van der Waals surface area (Å²) < 4.78 is 26.0. The topological polar surface area (TPSA) is 69.7 Å². The van der Waals surface area contributed by atoms with Crippen LogP contribution in [-0.4, -0.2) is 63.5 Å². The predicted octanol–water partition coefficient (Wildman–Crippen LogP) is 4.16. The van der Waals surface area contributed by atoms with E-state index in [0.717, 1.165) is 31.6 Å². The summed E-state index contributed by atoms with van der Waals surface area (Å²) in [6.07, 6.45) is 1.38. The molecule has 2 aromatic rings. The fourth-order valence-corrected chi connectivity index (χ4v) is 6.29. The van der Waals surface area contributed by atoms with Crippen LogP contribution in [0.2, 0.25) is 5.02 Å². The number of carbonyl (C=O) groups excluding carboxylic acids is 2. The van der Waals surface area contributed by atoms with Crippen molar-refractivity contribution in [3.63, 3.8) is 0 Å². The molecule has 6 nitrogen and oxygen atoms in total. The quantitative estimate of drug-likeness (QED) is 0.596. The number of carbonyl (C=O) groups is 2. The van der Waals surface area contributed by atoms with Gasteiger partial charge < -0.3 is 15.1 Å². The number of benzene rings is 2. The second-order valence-corrected chi connectivity index (χ2v) is 11.4. The van der Waals surface area contributed by atoms with Crippen LogP contribution in [0.25, 0.3) is 0 Å². The molecule has 1 N–H and O–H groups in total. The van der Waals surface area contributed by atoms with E-state index in [2.05, 4.69) is 10.2 Å². The fourth-order valence-electron chi connectivity index (χ4n) is 4.97. The van der Waals surface area contributed by atoms with Crippen LogP contribution < -0.4 is 5.32 Å². The Morgan fingerprint density at radius 1 is 1.17 bits per heavy atom. The average molecular weight is 520 g/mol. The van der Waals surface area contributed by atoms with Gasteiger partial charge in [-0.3, -0.25) is 13.8 Å². The van der Waals surface area contributed by atoms with Gasteiger partial charge in [0.2, 0.25) is 11.8 Å². The van der Waals surface area contributed by atoms with Crippen molar-refractivity contribution in [1.29, 1.82) is 0 Å². The molecule has 9 heteroatoms. The summed E-state index contributed by atoms with van der Waals surface area (Å²) in [4.78, 5) is 30.6. The second kappa shape index (κ2) is 11.6. The first-order valence-corrected chi connectivity index (χ1v) is 13.9. The summed E-state index contributed by atoms with van der Waals surface area (Å²) in [5.41, 5.74) is 2.09. The van der Waals surface area contributed by atoms with Crippen molar-refractivity contribution in [2.45, 2.75) is 32.2 Å². The maximum Gasteiger partial charge on any atom is 0.229 e. The third-order valence-electron chi connectivity index (χ3n) is 6.84. The molecule has 2 fully saturated rings. The Morgan fingerprint density at radius 3 is 2.69 bits per heavy atom. The van der Waals surface area contributed by atoms with Gasteiger partial charge in [-0.05, 0) is 67.8 Å². The number of likely N-dealkylation sites (tertiary alicyclic amines) is 1. The first kappa shape index (κ1) is 25.8. The van der Waals surface area contributed by atoms with Gasteiger partial charge in [0.15, 0.2) is 0 Å². The van der Waals surface area contributed by atoms with Crippen molar-refractivity contribution >= 4 is 39.9 Å². The van der Waals surface area contributed by atoms with Gasteiger partial charge >= 0.3 is 0 Å². The van der Waals surface area contributed by atoms with E-state index in [1.165, 1.54) is 12.1 Å². The van der Waals surface area contributed by atoms with Gasteiger partial charge in [-0.15, -0.1) is 0 Å². The Kier molecular flexibility index (Phi) is 8.57. The molecule has 0 saturated carbocycles. The van der Waals surface area contributed by atoms with Gasteiger partial charge in [0.05, 0.1) is 12.0 Å². The third-order valence-corrected chi connectivity index (χ3v) is 8.35. The Bertz CT molecular complexity index is 1100. The van der Waals surface area contributed by atoms with E-state index in [-0.39, 0.29) is 24.1 Å². The minimum atomic E-state index is -0.735. The van der Waals surface area contributed by atoms with E-state index in [1.807, 2.05) is 6.92 Å². The highest BCUT2D eigenvalue weighted by atomic mass is 35.5. The molecule has 0 bridgehead atoms. The van der Waals surface area contributed by atoms with E-state index < -0.39 is 22.8 Å². The maximum atomic E-state index is 14.3. The molecule has 2 aromatic carbocycles. The van der Waals surface area contributed by atoms with Gasteiger partial charge in [0, 0.05) is 59.1 Å². The zero-order valence-corrected chi connectivity index (χ0v) is 21.4. The maximum absolute atomic E-state index is 14.3. The monoisotopic (exact) mass is 519 g/mol. The highest BCUT2D eigenvalue weighted by Gasteiger charge is 2.41. The Balaban J connectivity index is 1.56. The second-order valence-electron chi connectivity index (χ2n) is 9.22. The number of nitrogens with zero attached hydrogens (tertiary/aromatic N) is 2. The molecule has 2 atom stereocenters. The van der Waals surface area contributed by atoms with Crippen LogP contribution >= 0.6 is 11.6 Å². The van der Waals surface area contributed by atoms with Crippen molar-refractivity contribution in [2.24, 2.45) is 5.92 Å². The third kappa shape index (κ3) is 6.48. The number of amides is 2. The van der Waals surface area contributed by atoms with Gasteiger partial charge in [-0.25, -0.2) is 4.39 Å². The molecule has 0 spiro atoms. The molecule has 0 radical (unpaired) electrons. The van der Waals surface area contributed by atoms with Crippen molar-refractivity contribution in [3.05, 3.63) is 64.4 Å². The number of rotatable bonds is 7. The van der Waals surface area contributed by atoms with E-state index in [1.54, 1.807) is 35.2 Å². The lowest BCUT2D eigenvalue weighted by Gasteiger charge is -2.42. The summed E-state index contributed by atoms with van der Waals surface area (Å²) in [6, 6.07) is 10.9. The number of nitrogens with one attached hydrogen (secondary N) is 1. The van der Waals surface area contributed by atoms with Gasteiger partial charge in [-0.2, -0.15) is 0 Å². The predicted molar refractivity (Wildman–Crippen MR) is 137 cm³/mol. The molecular formula is C26H31ClFN3O3S. The molecule has 188 valence electrons. The lowest BCUT2D eigenvalue weighted by molar-refractivity contribution is -0.142. The van der Waals surface area contributed by atoms with Crippen LogP contribution in [0.3, 0.4) is 0 Å².